The van der Waals surface area contributed by atoms with Crippen molar-refractivity contribution in [2.75, 3.05) is 19.8 Å². The molecule has 0 saturated heterocycles. The minimum atomic E-state index is 0.356. The van der Waals surface area contributed by atoms with Crippen LogP contribution in [0.2, 0.25) is 0 Å². The Bertz CT molecular complexity index is 311. The van der Waals surface area contributed by atoms with E-state index in [9.17, 15) is 0 Å². The molecule has 1 aromatic rings. The number of aryl methyl sites for hydroxylation is 1. The summed E-state index contributed by atoms with van der Waals surface area (Å²) in [6.07, 6.45) is 5.21. The normalized spacial score (nSPS) is 12.6. The Morgan fingerprint density at radius 2 is 2.06 bits per heavy atom. The molecule has 3 nitrogen and oxygen atoms in total. The van der Waals surface area contributed by atoms with Crippen molar-refractivity contribution in [1.29, 1.82) is 0 Å². The second kappa shape index (κ2) is 9.06. The Labute approximate surface area is 111 Å². The lowest BCUT2D eigenvalue weighted by atomic mass is 10.1. The smallest absolute Gasteiger partial charge is 0.0484 e. The van der Waals surface area contributed by atoms with E-state index in [4.69, 9.17) is 4.74 Å². The first-order valence-corrected chi connectivity index (χ1v) is 7.01. The number of rotatable bonds is 9. The van der Waals surface area contributed by atoms with Crippen LogP contribution in [0.3, 0.4) is 0 Å². The average Bonchev–Trinajstić information content (AvgIpc) is 2.39. The summed E-state index contributed by atoms with van der Waals surface area (Å²) in [4.78, 5) is 4.37. The third-order valence-corrected chi connectivity index (χ3v) is 2.88. The number of aromatic nitrogens is 1. The molecule has 3 heteroatoms. The maximum atomic E-state index is 5.58. The Kier molecular flexibility index (Phi) is 7.62. The van der Waals surface area contributed by atoms with Crippen molar-refractivity contribution in [3.63, 3.8) is 0 Å². The highest BCUT2D eigenvalue weighted by Crippen LogP contribution is 2.16. The Morgan fingerprint density at radius 3 is 2.67 bits per heavy atom. The van der Waals surface area contributed by atoms with Crippen LogP contribution in [0, 0.1) is 6.92 Å². The molecule has 1 rings (SSSR count). The van der Waals surface area contributed by atoms with Gasteiger partial charge in [0.2, 0.25) is 0 Å². The zero-order valence-corrected chi connectivity index (χ0v) is 11.9. The lowest BCUT2D eigenvalue weighted by Gasteiger charge is -2.18. The predicted octanol–water partition coefficient (Wildman–Crippen LogP) is 3.25. The second-order valence-corrected chi connectivity index (χ2v) is 4.64. The van der Waals surface area contributed by atoms with Crippen LogP contribution in [-0.4, -0.2) is 24.7 Å². The first-order chi connectivity index (χ1) is 8.77. The standard InChI is InChI=1S/C15H26N2O/c1-4-9-16-15(8-11-18-10-5-2)14-7-6-13(3)17-12-14/h6-7,12,15-16H,4-5,8-11H2,1-3H3. The average molecular weight is 250 g/mol. The lowest BCUT2D eigenvalue weighted by molar-refractivity contribution is 0.124. The van der Waals surface area contributed by atoms with Crippen LogP contribution in [0.1, 0.15) is 50.4 Å². The third kappa shape index (κ3) is 5.61. The number of pyridine rings is 1. The van der Waals surface area contributed by atoms with Gasteiger partial charge in [-0.2, -0.15) is 0 Å². The van der Waals surface area contributed by atoms with Gasteiger partial charge >= 0.3 is 0 Å². The van der Waals surface area contributed by atoms with Gasteiger partial charge < -0.3 is 10.1 Å². The molecule has 0 bridgehead atoms. The lowest BCUT2D eigenvalue weighted by Crippen LogP contribution is -2.23. The molecule has 1 heterocycles. The molecule has 0 aromatic carbocycles. The molecular formula is C15H26N2O. The number of hydrogen-bond acceptors (Lipinski definition) is 3. The first-order valence-electron chi connectivity index (χ1n) is 7.01. The van der Waals surface area contributed by atoms with Crippen LogP contribution < -0.4 is 5.32 Å². The fraction of sp³-hybridized carbons (Fsp3) is 0.667. The molecule has 102 valence electrons. The SMILES string of the molecule is CCCNC(CCOCCC)c1ccc(C)nc1. The number of nitrogens with one attached hydrogen (secondary N) is 1. The van der Waals surface area contributed by atoms with E-state index in [1.807, 2.05) is 13.1 Å². The molecule has 18 heavy (non-hydrogen) atoms. The number of hydrogen-bond donors (Lipinski definition) is 1. The van der Waals surface area contributed by atoms with E-state index in [1.165, 1.54) is 5.56 Å². The molecule has 0 fully saturated rings. The summed E-state index contributed by atoms with van der Waals surface area (Å²) in [5.41, 5.74) is 2.32. The van der Waals surface area contributed by atoms with Gasteiger partial charge in [-0.1, -0.05) is 19.9 Å². The van der Waals surface area contributed by atoms with Crippen molar-refractivity contribution < 1.29 is 4.74 Å². The largest absolute Gasteiger partial charge is 0.381 e. The molecule has 0 saturated carbocycles. The molecule has 1 atom stereocenters. The van der Waals surface area contributed by atoms with Crippen molar-refractivity contribution in [3.05, 3.63) is 29.6 Å². The van der Waals surface area contributed by atoms with Gasteiger partial charge in [-0.05, 0) is 44.4 Å². The molecule has 1 N–H and O–H groups in total. The molecule has 0 aliphatic heterocycles. The molecule has 0 spiro atoms. The quantitative estimate of drug-likeness (QED) is 0.683. The minimum Gasteiger partial charge on any atom is -0.381 e. The zero-order chi connectivity index (χ0) is 13.2. The van der Waals surface area contributed by atoms with Gasteiger partial charge in [0.05, 0.1) is 0 Å². The second-order valence-electron chi connectivity index (χ2n) is 4.64. The Morgan fingerprint density at radius 1 is 1.22 bits per heavy atom. The summed E-state index contributed by atoms with van der Waals surface area (Å²) in [6, 6.07) is 4.59. The van der Waals surface area contributed by atoms with Gasteiger partial charge in [-0.25, -0.2) is 0 Å². The highest BCUT2D eigenvalue weighted by atomic mass is 16.5. The monoisotopic (exact) mass is 250 g/mol. The maximum Gasteiger partial charge on any atom is 0.0484 e. The highest BCUT2D eigenvalue weighted by Gasteiger charge is 2.10. The van der Waals surface area contributed by atoms with Gasteiger partial charge in [0, 0.05) is 31.1 Å². The summed E-state index contributed by atoms with van der Waals surface area (Å²) < 4.78 is 5.58. The predicted molar refractivity (Wildman–Crippen MR) is 75.7 cm³/mol. The van der Waals surface area contributed by atoms with Gasteiger partial charge in [0.25, 0.3) is 0 Å². The van der Waals surface area contributed by atoms with Gasteiger partial charge in [0.15, 0.2) is 0 Å². The van der Waals surface area contributed by atoms with Crippen molar-refractivity contribution in [2.24, 2.45) is 0 Å². The minimum absolute atomic E-state index is 0.356. The number of nitrogens with zero attached hydrogens (tertiary/aromatic N) is 1. The molecular weight excluding hydrogens is 224 g/mol. The van der Waals surface area contributed by atoms with E-state index in [0.717, 1.165) is 44.7 Å². The van der Waals surface area contributed by atoms with Crippen molar-refractivity contribution in [3.8, 4) is 0 Å². The molecule has 0 radical (unpaired) electrons. The van der Waals surface area contributed by atoms with E-state index in [1.54, 1.807) is 0 Å². The summed E-state index contributed by atoms with van der Waals surface area (Å²) in [7, 11) is 0. The van der Waals surface area contributed by atoms with Crippen LogP contribution in [0.15, 0.2) is 18.3 Å². The Balaban J connectivity index is 2.51. The first kappa shape index (κ1) is 15.1. The van der Waals surface area contributed by atoms with E-state index in [0.29, 0.717) is 6.04 Å². The fourth-order valence-corrected chi connectivity index (χ4v) is 1.84. The van der Waals surface area contributed by atoms with Gasteiger partial charge in [0.1, 0.15) is 0 Å². The number of ether oxygens (including phenoxy) is 1. The van der Waals surface area contributed by atoms with Crippen molar-refractivity contribution in [1.82, 2.24) is 10.3 Å². The van der Waals surface area contributed by atoms with E-state index >= 15 is 0 Å². The van der Waals surface area contributed by atoms with E-state index < -0.39 is 0 Å². The van der Waals surface area contributed by atoms with Crippen LogP contribution >= 0.6 is 0 Å². The summed E-state index contributed by atoms with van der Waals surface area (Å²) in [5.74, 6) is 0. The van der Waals surface area contributed by atoms with Crippen LogP contribution in [-0.2, 0) is 4.74 Å². The van der Waals surface area contributed by atoms with Crippen molar-refractivity contribution >= 4 is 0 Å². The van der Waals surface area contributed by atoms with E-state index in [2.05, 4.69) is 36.3 Å². The Hall–Kier alpha value is -0.930. The van der Waals surface area contributed by atoms with Crippen LogP contribution in [0.5, 0.6) is 0 Å². The van der Waals surface area contributed by atoms with Crippen LogP contribution in [0.4, 0.5) is 0 Å². The third-order valence-electron chi connectivity index (χ3n) is 2.88. The fourth-order valence-electron chi connectivity index (χ4n) is 1.84. The van der Waals surface area contributed by atoms with Crippen LogP contribution in [0.25, 0.3) is 0 Å². The molecule has 1 aromatic heterocycles. The molecule has 0 aliphatic rings. The van der Waals surface area contributed by atoms with Gasteiger partial charge in [-0.3, -0.25) is 4.98 Å². The summed E-state index contributed by atoms with van der Waals surface area (Å²) >= 11 is 0. The van der Waals surface area contributed by atoms with Crippen molar-refractivity contribution in [2.45, 2.75) is 46.1 Å². The van der Waals surface area contributed by atoms with Gasteiger partial charge in [-0.15, -0.1) is 0 Å². The summed E-state index contributed by atoms with van der Waals surface area (Å²) in [5, 5.41) is 3.56. The molecule has 1 unspecified atom stereocenters. The summed E-state index contributed by atoms with van der Waals surface area (Å²) in [6.45, 7) is 9.03. The maximum absolute atomic E-state index is 5.58. The van der Waals surface area contributed by atoms with E-state index in [-0.39, 0.29) is 0 Å². The topological polar surface area (TPSA) is 34.1 Å². The molecule has 0 amide bonds. The molecule has 0 aliphatic carbocycles. The zero-order valence-electron chi connectivity index (χ0n) is 11.9. The highest BCUT2D eigenvalue weighted by molar-refractivity contribution is 5.17.